The van der Waals surface area contributed by atoms with Crippen molar-refractivity contribution in [2.75, 3.05) is 11.9 Å². The Balaban J connectivity index is 2.41. The van der Waals surface area contributed by atoms with Crippen molar-refractivity contribution >= 4 is 5.82 Å². The number of hydrogen-bond donors (Lipinski definition) is 1. The monoisotopic (exact) mass is 217 g/mol. The van der Waals surface area contributed by atoms with Crippen LogP contribution in [0, 0.1) is 0 Å². The molecule has 2 aromatic heterocycles. The number of anilines is 1. The quantitative estimate of drug-likeness (QED) is 0.855. The van der Waals surface area contributed by atoms with Crippen LogP contribution in [0.3, 0.4) is 0 Å². The molecule has 0 aliphatic carbocycles. The van der Waals surface area contributed by atoms with Gasteiger partial charge in [0.25, 0.3) is 0 Å². The van der Waals surface area contributed by atoms with E-state index in [0.717, 1.165) is 24.5 Å². The summed E-state index contributed by atoms with van der Waals surface area (Å²) < 4.78 is 5.30. The zero-order valence-corrected chi connectivity index (χ0v) is 9.53. The molecule has 0 radical (unpaired) electrons. The number of rotatable bonds is 4. The van der Waals surface area contributed by atoms with Gasteiger partial charge < -0.3 is 9.73 Å². The van der Waals surface area contributed by atoms with Crippen LogP contribution in [0.2, 0.25) is 0 Å². The molecule has 84 valence electrons. The third-order valence-corrected chi connectivity index (χ3v) is 2.24. The van der Waals surface area contributed by atoms with E-state index in [9.17, 15) is 0 Å². The minimum atomic E-state index is 0.639. The fraction of sp³-hybridized carbons (Fsp3) is 0.333. The van der Waals surface area contributed by atoms with Gasteiger partial charge in [0.2, 0.25) is 0 Å². The molecule has 2 aromatic rings. The summed E-state index contributed by atoms with van der Waals surface area (Å²) in [5.41, 5.74) is 1.01. The smallest absolute Gasteiger partial charge is 0.197 e. The molecule has 2 heterocycles. The van der Waals surface area contributed by atoms with E-state index in [4.69, 9.17) is 4.42 Å². The van der Waals surface area contributed by atoms with E-state index in [1.54, 1.807) is 6.26 Å². The van der Waals surface area contributed by atoms with Crippen molar-refractivity contribution in [3.8, 4) is 11.6 Å². The Hall–Kier alpha value is -1.84. The predicted octanol–water partition coefficient (Wildman–Crippen LogP) is 2.73. The summed E-state index contributed by atoms with van der Waals surface area (Å²) in [7, 11) is 0. The minimum Gasteiger partial charge on any atom is -0.461 e. The highest BCUT2D eigenvalue weighted by Crippen LogP contribution is 2.18. The van der Waals surface area contributed by atoms with Crippen LogP contribution in [-0.4, -0.2) is 16.5 Å². The van der Waals surface area contributed by atoms with Crippen LogP contribution in [0.5, 0.6) is 0 Å². The SMILES string of the molecule is CCNc1cc(CC)nc(-c2ccco2)n1. The Morgan fingerprint density at radius 2 is 2.19 bits per heavy atom. The van der Waals surface area contributed by atoms with Gasteiger partial charge in [-0.15, -0.1) is 0 Å². The van der Waals surface area contributed by atoms with Gasteiger partial charge in [-0.3, -0.25) is 0 Å². The maximum atomic E-state index is 5.30. The van der Waals surface area contributed by atoms with E-state index in [2.05, 4.69) is 22.2 Å². The summed E-state index contributed by atoms with van der Waals surface area (Å²) in [5.74, 6) is 2.19. The molecule has 0 aromatic carbocycles. The van der Waals surface area contributed by atoms with E-state index in [-0.39, 0.29) is 0 Å². The molecule has 0 saturated carbocycles. The van der Waals surface area contributed by atoms with E-state index in [1.165, 1.54) is 0 Å². The summed E-state index contributed by atoms with van der Waals surface area (Å²) in [4.78, 5) is 8.83. The van der Waals surface area contributed by atoms with Crippen LogP contribution < -0.4 is 5.32 Å². The van der Waals surface area contributed by atoms with E-state index < -0.39 is 0 Å². The molecular formula is C12H15N3O. The number of aryl methyl sites for hydroxylation is 1. The Morgan fingerprint density at radius 1 is 1.31 bits per heavy atom. The molecule has 0 amide bonds. The van der Waals surface area contributed by atoms with Crippen molar-refractivity contribution in [3.05, 3.63) is 30.2 Å². The Labute approximate surface area is 94.7 Å². The topological polar surface area (TPSA) is 51.0 Å². The van der Waals surface area contributed by atoms with Gasteiger partial charge in [-0.2, -0.15) is 0 Å². The molecule has 4 heteroatoms. The fourth-order valence-corrected chi connectivity index (χ4v) is 1.47. The maximum Gasteiger partial charge on any atom is 0.197 e. The highest BCUT2D eigenvalue weighted by molar-refractivity contribution is 5.51. The molecule has 0 fully saturated rings. The highest BCUT2D eigenvalue weighted by Gasteiger charge is 2.07. The first kappa shape index (κ1) is 10.7. The minimum absolute atomic E-state index is 0.639. The number of furan rings is 1. The van der Waals surface area contributed by atoms with Crippen molar-refractivity contribution < 1.29 is 4.42 Å². The van der Waals surface area contributed by atoms with Gasteiger partial charge in [-0.05, 0) is 25.5 Å². The third-order valence-electron chi connectivity index (χ3n) is 2.24. The van der Waals surface area contributed by atoms with Gasteiger partial charge in [0.05, 0.1) is 6.26 Å². The number of nitrogens with one attached hydrogen (secondary N) is 1. The zero-order chi connectivity index (χ0) is 11.4. The predicted molar refractivity (Wildman–Crippen MR) is 63.3 cm³/mol. The van der Waals surface area contributed by atoms with E-state index in [0.29, 0.717) is 11.6 Å². The normalized spacial score (nSPS) is 10.4. The summed E-state index contributed by atoms with van der Waals surface area (Å²) in [6.45, 7) is 4.96. The van der Waals surface area contributed by atoms with Gasteiger partial charge >= 0.3 is 0 Å². The van der Waals surface area contributed by atoms with Crippen molar-refractivity contribution in [2.24, 2.45) is 0 Å². The second-order valence-electron chi connectivity index (χ2n) is 3.43. The number of nitrogens with zero attached hydrogens (tertiary/aromatic N) is 2. The second kappa shape index (κ2) is 4.79. The molecule has 0 saturated heterocycles. The first-order chi connectivity index (χ1) is 7.83. The van der Waals surface area contributed by atoms with Crippen molar-refractivity contribution in [1.82, 2.24) is 9.97 Å². The van der Waals surface area contributed by atoms with Crippen LogP contribution in [-0.2, 0) is 6.42 Å². The summed E-state index contributed by atoms with van der Waals surface area (Å²) >= 11 is 0. The molecule has 0 aliphatic rings. The van der Waals surface area contributed by atoms with Crippen molar-refractivity contribution in [2.45, 2.75) is 20.3 Å². The number of aromatic nitrogens is 2. The third kappa shape index (κ3) is 2.21. The summed E-state index contributed by atoms with van der Waals surface area (Å²) in [6, 6.07) is 5.67. The second-order valence-corrected chi connectivity index (χ2v) is 3.43. The molecule has 0 spiro atoms. The lowest BCUT2D eigenvalue weighted by atomic mass is 10.3. The Bertz CT molecular complexity index is 451. The van der Waals surface area contributed by atoms with E-state index in [1.807, 2.05) is 25.1 Å². The molecule has 4 nitrogen and oxygen atoms in total. The van der Waals surface area contributed by atoms with Gasteiger partial charge in [0, 0.05) is 18.3 Å². The van der Waals surface area contributed by atoms with Crippen LogP contribution in [0.1, 0.15) is 19.5 Å². The average molecular weight is 217 g/mol. The molecule has 16 heavy (non-hydrogen) atoms. The van der Waals surface area contributed by atoms with Gasteiger partial charge in [0.1, 0.15) is 5.82 Å². The lowest BCUT2D eigenvalue weighted by molar-refractivity contribution is 0.577. The molecule has 0 unspecified atom stereocenters. The largest absolute Gasteiger partial charge is 0.461 e. The van der Waals surface area contributed by atoms with Crippen LogP contribution >= 0.6 is 0 Å². The summed E-state index contributed by atoms with van der Waals surface area (Å²) in [6.07, 6.45) is 2.51. The summed E-state index contributed by atoms with van der Waals surface area (Å²) in [5, 5.41) is 3.19. The van der Waals surface area contributed by atoms with Crippen LogP contribution in [0.15, 0.2) is 28.9 Å². The van der Waals surface area contributed by atoms with Gasteiger partial charge in [-0.25, -0.2) is 9.97 Å². The first-order valence-corrected chi connectivity index (χ1v) is 5.49. The standard InChI is InChI=1S/C12H15N3O/c1-3-9-8-11(13-4-2)15-12(14-9)10-6-5-7-16-10/h5-8H,3-4H2,1-2H3,(H,13,14,15). The Morgan fingerprint density at radius 3 is 2.81 bits per heavy atom. The zero-order valence-electron chi connectivity index (χ0n) is 9.53. The lowest BCUT2D eigenvalue weighted by Gasteiger charge is -2.06. The average Bonchev–Trinajstić information content (AvgIpc) is 2.82. The van der Waals surface area contributed by atoms with Crippen molar-refractivity contribution in [3.63, 3.8) is 0 Å². The lowest BCUT2D eigenvalue weighted by Crippen LogP contribution is -2.03. The molecule has 1 N–H and O–H groups in total. The molecule has 2 rings (SSSR count). The van der Waals surface area contributed by atoms with Gasteiger partial charge in [0.15, 0.2) is 11.6 Å². The highest BCUT2D eigenvalue weighted by atomic mass is 16.3. The molecule has 0 bridgehead atoms. The fourth-order valence-electron chi connectivity index (χ4n) is 1.47. The molecular weight excluding hydrogens is 202 g/mol. The maximum absolute atomic E-state index is 5.30. The van der Waals surface area contributed by atoms with Crippen LogP contribution in [0.4, 0.5) is 5.82 Å². The Kier molecular flexibility index (Phi) is 3.19. The molecule has 0 atom stereocenters. The number of hydrogen-bond acceptors (Lipinski definition) is 4. The van der Waals surface area contributed by atoms with Gasteiger partial charge in [-0.1, -0.05) is 6.92 Å². The van der Waals surface area contributed by atoms with E-state index >= 15 is 0 Å². The molecule has 0 aliphatic heterocycles. The van der Waals surface area contributed by atoms with Crippen molar-refractivity contribution in [1.29, 1.82) is 0 Å². The van der Waals surface area contributed by atoms with Crippen LogP contribution in [0.25, 0.3) is 11.6 Å². The first-order valence-electron chi connectivity index (χ1n) is 5.49.